The van der Waals surface area contributed by atoms with Crippen LogP contribution in [0.1, 0.15) is 38.2 Å². The monoisotopic (exact) mass is 485 g/mol. The summed E-state index contributed by atoms with van der Waals surface area (Å²) in [6.07, 6.45) is 2.58. The number of aromatic nitrogens is 1. The van der Waals surface area contributed by atoms with Crippen LogP contribution in [0, 0.1) is 11.8 Å². The Balaban J connectivity index is 1.74. The molecule has 8 nitrogen and oxygen atoms in total. The number of Topliss-reactive ketones (excluding diaryl/α,β-unsaturated/α-hetero) is 1. The molecule has 2 aromatic rings. The highest BCUT2D eigenvalue weighted by molar-refractivity contribution is 6.30. The van der Waals surface area contributed by atoms with E-state index < -0.39 is 23.7 Å². The smallest absolute Gasteiger partial charge is 0.233 e. The lowest BCUT2D eigenvalue weighted by atomic mass is 9.93. The molecule has 0 bridgehead atoms. The van der Waals surface area contributed by atoms with Gasteiger partial charge in [-0.2, -0.15) is 0 Å². The number of carbonyl (C=O) groups excluding carboxylic acids is 4. The van der Waals surface area contributed by atoms with Gasteiger partial charge in [-0.15, -0.1) is 0 Å². The lowest BCUT2D eigenvalue weighted by Gasteiger charge is -2.24. The normalized spacial score (nSPS) is 17.1. The molecule has 1 unspecified atom stereocenters. The van der Waals surface area contributed by atoms with Crippen LogP contribution in [0.3, 0.4) is 0 Å². The zero-order valence-corrected chi connectivity index (χ0v) is 20.0. The standard InChI is InChI=1S/C25H28ClN3O5/c1-3-16(24(32)28-22-6-4-5-11-27-22)14-23(31)29-15-20(30)9-7-17(25(29)33)12-18-13-19(26)8-10-21(18)34-2/h4-6,8,10-11,13,16-17H,3,7,9,12,14-15H2,1-2H3,(H,27,28,32)/t16-,17?/m0/s1. The van der Waals surface area contributed by atoms with Crippen molar-refractivity contribution in [2.24, 2.45) is 11.8 Å². The minimum absolute atomic E-state index is 0.179. The van der Waals surface area contributed by atoms with Crippen LogP contribution in [0.2, 0.25) is 5.02 Å². The summed E-state index contributed by atoms with van der Waals surface area (Å²) in [5.74, 6) is -1.77. The Bertz CT molecular complexity index is 1060. The van der Waals surface area contributed by atoms with Gasteiger partial charge in [-0.05, 0) is 55.2 Å². The number of benzene rings is 1. The van der Waals surface area contributed by atoms with Crippen LogP contribution < -0.4 is 10.1 Å². The lowest BCUT2D eigenvalue weighted by Crippen LogP contribution is -2.43. The highest BCUT2D eigenvalue weighted by Gasteiger charge is 2.35. The first-order valence-corrected chi connectivity index (χ1v) is 11.6. The van der Waals surface area contributed by atoms with Crippen LogP contribution >= 0.6 is 11.6 Å². The molecule has 1 N–H and O–H groups in total. The molecule has 0 aliphatic carbocycles. The van der Waals surface area contributed by atoms with Crippen molar-refractivity contribution in [3.05, 3.63) is 53.2 Å². The number of ether oxygens (including phenoxy) is 1. The lowest BCUT2D eigenvalue weighted by molar-refractivity contribution is -0.149. The molecule has 1 aliphatic heterocycles. The first kappa shape index (κ1) is 25.4. The van der Waals surface area contributed by atoms with Gasteiger partial charge in [-0.25, -0.2) is 4.98 Å². The molecular formula is C25H28ClN3O5. The summed E-state index contributed by atoms with van der Waals surface area (Å²) in [4.78, 5) is 56.6. The van der Waals surface area contributed by atoms with Gasteiger partial charge in [-0.1, -0.05) is 24.6 Å². The topological polar surface area (TPSA) is 106 Å². The average molecular weight is 486 g/mol. The number of amides is 3. The van der Waals surface area contributed by atoms with Crippen LogP contribution in [0.25, 0.3) is 0 Å². The van der Waals surface area contributed by atoms with E-state index in [-0.39, 0.29) is 37.5 Å². The molecule has 3 rings (SSSR count). The Morgan fingerprint density at radius 3 is 2.74 bits per heavy atom. The Morgan fingerprint density at radius 2 is 2.06 bits per heavy atom. The summed E-state index contributed by atoms with van der Waals surface area (Å²) in [6, 6.07) is 10.3. The van der Waals surface area contributed by atoms with Crippen molar-refractivity contribution in [2.45, 2.75) is 39.0 Å². The molecule has 1 fully saturated rings. The van der Waals surface area contributed by atoms with E-state index >= 15 is 0 Å². The number of ketones is 1. The Morgan fingerprint density at radius 1 is 1.26 bits per heavy atom. The molecule has 1 saturated heterocycles. The Kier molecular flexibility index (Phi) is 8.76. The first-order chi connectivity index (χ1) is 16.3. The summed E-state index contributed by atoms with van der Waals surface area (Å²) in [7, 11) is 1.53. The Labute approximate surface area is 203 Å². The SMILES string of the molecule is CC[C@@H](CC(=O)N1CC(=O)CCC(Cc2cc(Cl)ccc2OC)C1=O)C(=O)Nc1ccccn1. The van der Waals surface area contributed by atoms with Crippen molar-refractivity contribution in [1.29, 1.82) is 0 Å². The van der Waals surface area contributed by atoms with E-state index in [2.05, 4.69) is 10.3 Å². The van der Waals surface area contributed by atoms with Gasteiger partial charge in [0.05, 0.1) is 13.7 Å². The summed E-state index contributed by atoms with van der Waals surface area (Å²) >= 11 is 6.12. The molecule has 2 heterocycles. The van der Waals surface area contributed by atoms with Gasteiger partial charge in [0.25, 0.3) is 0 Å². The van der Waals surface area contributed by atoms with Crippen molar-refractivity contribution in [3.8, 4) is 5.75 Å². The van der Waals surface area contributed by atoms with Gasteiger partial charge in [-0.3, -0.25) is 24.1 Å². The fourth-order valence-corrected chi connectivity index (χ4v) is 4.19. The quantitative estimate of drug-likeness (QED) is 0.611. The fraction of sp³-hybridized carbons (Fsp3) is 0.400. The fourth-order valence-electron chi connectivity index (χ4n) is 3.99. The number of hydrogen-bond acceptors (Lipinski definition) is 6. The molecular weight excluding hydrogens is 458 g/mol. The van der Waals surface area contributed by atoms with Crippen molar-refractivity contribution >= 4 is 40.9 Å². The van der Waals surface area contributed by atoms with Crippen LogP contribution in [0.5, 0.6) is 5.75 Å². The number of pyridine rings is 1. The molecule has 1 aliphatic rings. The van der Waals surface area contributed by atoms with Crippen molar-refractivity contribution < 1.29 is 23.9 Å². The molecule has 180 valence electrons. The van der Waals surface area contributed by atoms with Gasteiger partial charge in [0.2, 0.25) is 17.7 Å². The average Bonchev–Trinajstić information content (AvgIpc) is 2.96. The predicted octanol–water partition coefficient (Wildman–Crippen LogP) is 3.68. The van der Waals surface area contributed by atoms with Gasteiger partial charge >= 0.3 is 0 Å². The van der Waals surface area contributed by atoms with Gasteiger partial charge in [0.15, 0.2) is 5.78 Å². The predicted molar refractivity (Wildman–Crippen MR) is 127 cm³/mol. The van der Waals surface area contributed by atoms with Gasteiger partial charge in [0, 0.05) is 35.9 Å². The molecule has 1 aromatic carbocycles. The molecule has 0 saturated carbocycles. The number of imide groups is 1. The van der Waals surface area contributed by atoms with E-state index in [4.69, 9.17) is 16.3 Å². The number of rotatable bonds is 8. The zero-order valence-electron chi connectivity index (χ0n) is 19.3. The Hall–Kier alpha value is -3.26. The van der Waals surface area contributed by atoms with E-state index in [1.54, 1.807) is 49.5 Å². The highest BCUT2D eigenvalue weighted by Crippen LogP contribution is 2.29. The molecule has 2 atom stereocenters. The zero-order chi connectivity index (χ0) is 24.7. The van der Waals surface area contributed by atoms with E-state index in [1.165, 1.54) is 7.11 Å². The maximum absolute atomic E-state index is 13.3. The summed E-state index contributed by atoms with van der Waals surface area (Å²) in [5.41, 5.74) is 0.733. The second kappa shape index (κ2) is 11.7. The number of carbonyl (C=O) groups is 4. The second-order valence-corrected chi connectivity index (χ2v) is 8.70. The molecule has 34 heavy (non-hydrogen) atoms. The third-order valence-corrected chi connectivity index (χ3v) is 6.17. The summed E-state index contributed by atoms with van der Waals surface area (Å²) in [6.45, 7) is 1.51. The number of likely N-dealkylation sites (tertiary alicyclic amines) is 1. The highest BCUT2D eigenvalue weighted by atomic mass is 35.5. The van der Waals surface area contributed by atoms with E-state index in [9.17, 15) is 19.2 Å². The van der Waals surface area contributed by atoms with Crippen molar-refractivity contribution in [1.82, 2.24) is 9.88 Å². The molecule has 0 spiro atoms. The molecule has 3 amide bonds. The van der Waals surface area contributed by atoms with E-state index in [0.717, 1.165) is 10.5 Å². The number of methoxy groups -OCH3 is 1. The van der Waals surface area contributed by atoms with E-state index in [0.29, 0.717) is 29.4 Å². The maximum Gasteiger partial charge on any atom is 0.233 e. The van der Waals surface area contributed by atoms with Gasteiger partial charge < -0.3 is 10.1 Å². The van der Waals surface area contributed by atoms with Crippen molar-refractivity contribution in [2.75, 3.05) is 19.0 Å². The minimum Gasteiger partial charge on any atom is -0.496 e. The number of anilines is 1. The summed E-state index contributed by atoms with van der Waals surface area (Å²) < 4.78 is 5.38. The van der Waals surface area contributed by atoms with E-state index in [1.807, 2.05) is 0 Å². The van der Waals surface area contributed by atoms with Crippen LogP contribution in [-0.4, -0.2) is 47.0 Å². The van der Waals surface area contributed by atoms with Crippen LogP contribution in [0.4, 0.5) is 5.82 Å². The number of nitrogens with zero attached hydrogens (tertiary/aromatic N) is 2. The van der Waals surface area contributed by atoms with Crippen LogP contribution in [0.15, 0.2) is 42.6 Å². The maximum atomic E-state index is 13.3. The van der Waals surface area contributed by atoms with Crippen molar-refractivity contribution in [3.63, 3.8) is 0 Å². The van der Waals surface area contributed by atoms with Crippen LogP contribution in [-0.2, 0) is 25.6 Å². The second-order valence-electron chi connectivity index (χ2n) is 8.27. The number of hydrogen-bond donors (Lipinski definition) is 1. The molecule has 1 aromatic heterocycles. The largest absolute Gasteiger partial charge is 0.496 e. The van der Waals surface area contributed by atoms with Gasteiger partial charge in [0.1, 0.15) is 11.6 Å². The third kappa shape index (κ3) is 6.41. The molecule has 0 radical (unpaired) electrons. The number of nitrogens with one attached hydrogen (secondary N) is 1. The first-order valence-electron chi connectivity index (χ1n) is 11.2. The number of halogens is 1. The molecule has 9 heteroatoms. The summed E-state index contributed by atoms with van der Waals surface area (Å²) in [5, 5.41) is 3.20. The minimum atomic E-state index is -0.660. The third-order valence-electron chi connectivity index (χ3n) is 5.93.